The number of aromatic nitrogens is 2. The van der Waals surface area contributed by atoms with E-state index in [0.29, 0.717) is 46.1 Å². The molecule has 0 fully saturated rings. The van der Waals surface area contributed by atoms with Gasteiger partial charge in [-0.15, -0.1) is 0 Å². The molecule has 5 heterocycles. The van der Waals surface area contributed by atoms with Gasteiger partial charge in [0.05, 0.1) is 17.3 Å². The summed E-state index contributed by atoms with van der Waals surface area (Å²) < 4.78 is 41.7. The number of benzene rings is 1. The summed E-state index contributed by atoms with van der Waals surface area (Å²) in [7, 11) is 0. The lowest BCUT2D eigenvalue weighted by Crippen LogP contribution is -2.45. The van der Waals surface area contributed by atoms with E-state index in [1.165, 1.54) is 30.9 Å². The SMILES string of the molecule is NN1C(F)=C2Oc3ccc(NC(=O)c4ccc(Cl)cn4)cc3[C@@]3(CCN=CO3)C2=CC1c1cncc(F)c1. The third-order valence-corrected chi connectivity index (χ3v) is 6.78. The third-order valence-electron chi connectivity index (χ3n) is 6.55. The van der Waals surface area contributed by atoms with Gasteiger partial charge in [0.25, 0.3) is 5.91 Å². The van der Waals surface area contributed by atoms with Crippen molar-refractivity contribution in [2.24, 2.45) is 10.8 Å². The molecule has 1 spiro atoms. The molecule has 38 heavy (non-hydrogen) atoms. The second-order valence-corrected chi connectivity index (χ2v) is 9.26. The Balaban J connectivity index is 1.44. The summed E-state index contributed by atoms with van der Waals surface area (Å²) >= 11 is 5.87. The molecule has 0 bridgehead atoms. The van der Waals surface area contributed by atoms with Gasteiger partial charge >= 0.3 is 0 Å². The molecule has 1 amide bonds. The third kappa shape index (κ3) is 3.96. The first-order chi connectivity index (χ1) is 18.4. The number of ether oxygens (including phenoxy) is 2. The van der Waals surface area contributed by atoms with Gasteiger partial charge in [-0.1, -0.05) is 11.6 Å². The number of hydrogen-bond donors (Lipinski definition) is 2. The molecule has 1 unspecified atom stereocenters. The molecule has 12 heteroatoms. The molecule has 9 nitrogen and oxygen atoms in total. The van der Waals surface area contributed by atoms with Crippen molar-refractivity contribution in [1.82, 2.24) is 15.0 Å². The molecule has 2 atom stereocenters. The van der Waals surface area contributed by atoms with Gasteiger partial charge in [0, 0.05) is 47.7 Å². The van der Waals surface area contributed by atoms with Crippen LogP contribution in [0.3, 0.4) is 0 Å². The van der Waals surface area contributed by atoms with E-state index in [4.69, 9.17) is 26.9 Å². The molecule has 192 valence electrons. The van der Waals surface area contributed by atoms with Crippen LogP contribution in [0.2, 0.25) is 5.02 Å². The van der Waals surface area contributed by atoms with Gasteiger partial charge in [0.1, 0.15) is 17.3 Å². The van der Waals surface area contributed by atoms with Crippen LogP contribution >= 0.6 is 11.6 Å². The Kier molecular flexibility index (Phi) is 5.81. The van der Waals surface area contributed by atoms with Crippen LogP contribution in [-0.2, 0) is 10.3 Å². The number of anilines is 1. The molecule has 3 N–H and O–H groups in total. The number of nitrogens with two attached hydrogens (primary N) is 1. The van der Waals surface area contributed by atoms with Gasteiger partial charge < -0.3 is 14.8 Å². The molecule has 3 aromatic rings. The maximum Gasteiger partial charge on any atom is 0.274 e. The van der Waals surface area contributed by atoms with Gasteiger partial charge in [-0.05, 0) is 42.5 Å². The summed E-state index contributed by atoms with van der Waals surface area (Å²) in [6, 6.07) is 8.35. The smallest absolute Gasteiger partial charge is 0.274 e. The maximum absolute atomic E-state index is 15.7. The Morgan fingerprint density at radius 1 is 1.18 bits per heavy atom. The fraction of sp³-hybridized carbons (Fsp3) is 0.154. The van der Waals surface area contributed by atoms with Crippen LogP contribution in [0.4, 0.5) is 14.5 Å². The summed E-state index contributed by atoms with van der Waals surface area (Å²) in [5, 5.41) is 4.07. The minimum absolute atomic E-state index is 0.113. The average molecular weight is 537 g/mol. The number of hydrazine groups is 1. The first kappa shape index (κ1) is 24.0. The Hall–Kier alpha value is -4.35. The van der Waals surface area contributed by atoms with Gasteiger partial charge in [0.2, 0.25) is 5.95 Å². The highest BCUT2D eigenvalue weighted by Crippen LogP contribution is 2.54. The van der Waals surface area contributed by atoms with Gasteiger partial charge in [0.15, 0.2) is 17.8 Å². The quantitative estimate of drug-likeness (QED) is 0.372. The lowest BCUT2D eigenvalue weighted by atomic mass is 9.77. The van der Waals surface area contributed by atoms with Crippen LogP contribution in [0.1, 0.15) is 34.1 Å². The second-order valence-electron chi connectivity index (χ2n) is 8.82. The van der Waals surface area contributed by atoms with Crippen LogP contribution in [0, 0.1) is 5.82 Å². The number of nitrogens with one attached hydrogen (secondary N) is 1. The number of nitrogens with zero attached hydrogens (tertiary/aromatic N) is 4. The topological polar surface area (TPSA) is 115 Å². The van der Waals surface area contributed by atoms with Crippen molar-refractivity contribution < 1.29 is 23.0 Å². The largest absolute Gasteiger partial charge is 0.467 e. The van der Waals surface area contributed by atoms with Crippen molar-refractivity contribution in [3.63, 3.8) is 0 Å². The Morgan fingerprint density at radius 2 is 2.05 bits per heavy atom. The van der Waals surface area contributed by atoms with E-state index >= 15 is 4.39 Å². The van der Waals surface area contributed by atoms with Crippen LogP contribution in [0.5, 0.6) is 5.75 Å². The molecule has 6 rings (SSSR count). The van der Waals surface area contributed by atoms with Crippen molar-refractivity contribution in [2.75, 3.05) is 11.9 Å². The number of hydrogen-bond acceptors (Lipinski definition) is 8. The predicted molar refractivity (Wildman–Crippen MR) is 134 cm³/mol. The predicted octanol–water partition coefficient (Wildman–Crippen LogP) is 4.55. The first-order valence-electron chi connectivity index (χ1n) is 11.5. The van der Waals surface area contributed by atoms with E-state index in [9.17, 15) is 9.18 Å². The molecule has 2 aromatic heterocycles. The van der Waals surface area contributed by atoms with E-state index in [0.717, 1.165) is 11.2 Å². The normalized spacial score (nSPS) is 21.7. The highest BCUT2D eigenvalue weighted by molar-refractivity contribution is 6.30. The van der Waals surface area contributed by atoms with E-state index in [2.05, 4.69) is 20.3 Å². The maximum atomic E-state index is 15.7. The molecule has 3 aliphatic rings. The highest BCUT2D eigenvalue weighted by Gasteiger charge is 2.51. The number of pyridine rings is 2. The minimum Gasteiger partial charge on any atom is -0.467 e. The minimum atomic E-state index is -1.21. The van der Waals surface area contributed by atoms with Crippen molar-refractivity contribution >= 4 is 29.6 Å². The van der Waals surface area contributed by atoms with Crippen LogP contribution in [0.25, 0.3) is 0 Å². The number of fused-ring (bicyclic) bond motifs is 4. The standard InChI is InChI=1S/C26H19ClF2N6O3/c27-15-1-3-20(33-11-15)25(36)34-17-2-4-22-18(8-17)26(5-6-31-13-37-26)19-9-21(14-7-16(28)12-32-10-14)35(30)24(29)23(19)38-22/h1-4,7-13,21H,5-6,30H2,(H,34,36)/t21?,26-/m0/s1. The van der Waals surface area contributed by atoms with Crippen LogP contribution in [-0.4, -0.2) is 33.8 Å². The number of aliphatic imine (C=N–C) groups is 1. The van der Waals surface area contributed by atoms with Crippen molar-refractivity contribution in [3.8, 4) is 5.75 Å². The van der Waals surface area contributed by atoms with E-state index in [1.54, 1.807) is 30.3 Å². The van der Waals surface area contributed by atoms with Crippen molar-refractivity contribution in [2.45, 2.75) is 18.1 Å². The highest BCUT2D eigenvalue weighted by atomic mass is 35.5. The molecule has 3 aliphatic heterocycles. The van der Waals surface area contributed by atoms with Crippen molar-refractivity contribution in [1.29, 1.82) is 0 Å². The zero-order chi connectivity index (χ0) is 26.4. The molecule has 1 aromatic carbocycles. The lowest BCUT2D eigenvalue weighted by molar-refractivity contribution is 0.0578. The zero-order valence-electron chi connectivity index (χ0n) is 19.6. The fourth-order valence-electron chi connectivity index (χ4n) is 4.76. The zero-order valence-corrected chi connectivity index (χ0v) is 20.3. The van der Waals surface area contributed by atoms with E-state index in [1.807, 2.05) is 0 Å². The molecule has 0 saturated carbocycles. The number of halogens is 3. The number of amides is 1. The monoisotopic (exact) mass is 536 g/mol. The summed E-state index contributed by atoms with van der Waals surface area (Å²) in [6.07, 6.45) is 7.16. The number of rotatable bonds is 3. The van der Waals surface area contributed by atoms with Gasteiger partial charge in [-0.3, -0.25) is 19.8 Å². The van der Waals surface area contributed by atoms with Crippen LogP contribution < -0.4 is 15.9 Å². The van der Waals surface area contributed by atoms with Crippen molar-refractivity contribution in [3.05, 3.63) is 106 Å². The molecule has 0 radical (unpaired) electrons. The molecular weight excluding hydrogens is 518 g/mol. The van der Waals surface area contributed by atoms with Crippen LogP contribution in [0.15, 0.2) is 83.3 Å². The first-order valence-corrected chi connectivity index (χ1v) is 11.9. The summed E-state index contributed by atoms with van der Waals surface area (Å²) in [4.78, 5) is 24.9. The number of carbonyl (C=O) groups is 1. The van der Waals surface area contributed by atoms with Gasteiger partial charge in [-0.25, -0.2) is 15.2 Å². The summed E-state index contributed by atoms with van der Waals surface area (Å²) in [5.74, 6) is 4.43. The van der Waals surface area contributed by atoms with E-state index in [-0.39, 0.29) is 11.5 Å². The molecule has 0 saturated heterocycles. The summed E-state index contributed by atoms with van der Waals surface area (Å²) in [6.45, 7) is 0.384. The molecule has 0 aliphatic carbocycles. The second kappa shape index (κ2) is 9.19. The lowest BCUT2D eigenvalue weighted by Gasteiger charge is -2.45. The average Bonchev–Trinajstić information content (AvgIpc) is 2.92. The Labute approximate surface area is 220 Å². The Morgan fingerprint density at radius 3 is 2.79 bits per heavy atom. The van der Waals surface area contributed by atoms with E-state index < -0.39 is 29.3 Å². The number of carbonyl (C=O) groups excluding carboxylic acids is 1. The fourth-order valence-corrected chi connectivity index (χ4v) is 4.87. The molecular formula is C26H19ClF2N6O3. The summed E-state index contributed by atoms with van der Waals surface area (Å²) in [5.41, 5.74) is 0.673. The van der Waals surface area contributed by atoms with Gasteiger partial charge in [-0.2, -0.15) is 4.39 Å². The Bertz CT molecular complexity index is 1540.